The number of carbonyl (C=O) groups is 1. The number of anilines is 1. The number of benzene rings is 1. The highest BCUT2D eigenvalue weighted by atomic mass is 16.5. The summed E-state index contributed by atoms with van der Waals surface area (Å²) >= 11 is 0. The Morgan fingerprint density at radius 1 is 1.23 bits per heavy atom. The number of fused-ring (bicyclic) bond motifs is 1. The summed E-state index contributed by atoms with van der Waals surface area (Å²) < 4.78 is 12.6. The van der Waals surface area contributed by atoms with Gasteiger partial charge in [0.25, 0.3) is 5.91 Å². The summed E-state index contributed by atoms with van der Waals surface area (Å²) in [5, 5.41) is 6.47. The number of carbonyl (C=O) groups excluding carboxylic acids is 1. The fourth-order valence-electron chi connectivity index (χ4n) is 2.55. The molecule has 1 aromatic carbocycles. The lowest BCUT2D eigenvalue weighted by atomic mass is 10.3. The maximum atomic E-state index is 12.1. The lowest BCUT2D eigenvalue weighted by Gasteiger charge is -2.07. The zero-order valence-corrected chi connectivity index (χ0v) is 14.0. The molecule has 0 aliphatic carbocycles. The number of rotatable bonds is 5. The molecule has 130 valence electrons. The number of amides is 1. The van der Waals surface area contributed by atoms with Gasteiger partial charge in [0.05, 0.1) is 5.69 Å². The number of aromatic nitrogens is 3. The van der Waals surface area contributed by atoms with Crippen LogP contribution < -0.4 is 10.1 Å². The maximum Gasteiger partial charge on any atom is 0.277 e. The summed E-state index contributed by atoms with van der Waals surface area (Å²) in [5.74, 6) is 0.884. The first-order chi connectivity index (χ1) is 12.7. The van der Waals surface area contributed by atoms with Gasteiger partial charge < -0.3 is 19.0 Å². The Balaban J connectivity index is 1.43. The SMILES string of the molecule is Cc1cc(C(=O)Nc2cccc(OCc3cn4ccccc4n3)c2)no1. The third-order valence-electron chi connectivity index (χ3n) is 3.75. The maximum absolute atomic E-state index is 12.1. The van der Waals surface area contributed by atoms with E-state index in [-0.39, 0.29) is 11.6 Å². The predicted molar refractivity (Wildman–Crippen MR) is 95.2 cm³/mol. The molecule has 0 atom stereocenters. The molecule has 0 unspecified atom stereocenters. The highest BCUT2D eigenvalue weighted by Crippen LogP contribution is 2.19. The number of nitrogens with zero attached hydrogens (tertiary/aromatic N) is 3. The number of pyridine rings is 1. The lowest BCUT2D eigenvalue weighted by Crippen LogP contribution is -2.12. The van der Waals surface area contributed by atoms with E-state index in [0.29, 0.717) is 23.8 Å². The van der Waals surface area contributed by atoms with Crippen LogP contribution in [0.2, 0.25) is 0 Å². The van der Waals surface area contributed by atoms with Crippen LogP contribution in [0.15, 0.2) is 65.4 Å². The molecular formula is C19H16N4O3. The summed E-state index contributed by atoms with van der Waals surface area (Å²) in [6.45, 7) is 2.07. The normalized spacial score (nSPS) is 10.8. The van der Waals surface area contributed by atoms with Crippen LogP contribution in [-0.2, 0) is 6.61 Å². The number of nitrogens with one attached hydrogen (secondary N) is 1. The summed E-state index contributed by atoms with van der Waals surface area (Å²) in [4.78, 5) is 16.6. The molecule has 7 nitrogen and oxygen atoms in total. The van der Waals surface area contributed by atoms with Crippen molar-refractivity contribution >= 4 is 17.2 Å². The molecule has 0 aliphatic heterocycles. The average molecular weight is 348 g/mol. The van der Waals surface area contributed by atoms with Gasteiger partial charge in [0.1, 0.15) is 23.8 Å². The van der Waals surface area contributed by atoms with Gasteiger partial charge in [-0.25, -0.2) is 4.98 Å². The van der Waals surface area contributed by atoms with E-state index in [0.717, 1.165) is 11.3 Å². The third kappa shape index (κ3) is 3.41. The topological polar surface area (TPSA) is 81.7 Å². The van der Waals surface area contributed by atoms with Gasteiger partial charge in [0, 0.05) is 30.2 Å². The molecule has 0 fully saturated rings. The minimum atomic E-state index is -0.334. The number of imidazole rings is 1. The first kappa shape index (κ1) is 15.9. The fraction of sp³-hybridized carbons (Fsp3) is 0.105. The van der Waals surface area contributed by atoms with E-state index in [2.05, 4.69) is 15.5 Å². The first-order valence-corrected chi connectivity index (χ1v) is 8.07. The molecule has 0 radical (unpaired) electrons. The Bertz CT molecular complexity index is 1030. The van der Waals surface area contributed by atoms with Crippen molar-refractivity contribution in [2.24, 2.45) is 0 Å². The Hall–Kier alpha value is -3.61. The van der Waals surface area contributed by atoms with E-state index >= 15 is 0 Å². The van der Waals surface area contributed by atoms with Crippen LogP contribution in [0.5, 0.6) is 5.75 Å². The summed E-state index contributed by atoms with van der Waals surface area (Å²) in [5.41, 5.74) is 2.54. The molecule has 26 heavy (non-hydrogen) atoms. The van der Waals surface area contributed by atoms with Crippen molar-refractivity contribution in [2.45, 2.75) is 13.5 Å². The second-order valence-corrected chi connectivity index (χ2v) is 5.79. The summed E-state index contributed by atoms with van der Waals surface area (Å²) in [7, 11) is 0. The van der Waals surface area contributed by atoms with E-state index in [1.54, 1.807) is 25.1 Å². The van der Waals surface area contributed by atoms with Crippen molar-refractivity contribution in [2.75, 3.05) is 5.32 Å². The second kappa shape index (κ2) is 6.72. The summed E-state index contributed by atoms with van der Waals surface area (Å²) in [6.07, 6.45) is 3.86. The summed E-state index contributed by atoms with van der Waals surface area (Å²) in [6, 6.07) is 14.6. The molecule has 1 N–H and O–H groups in total. The number of hydrogen-bond donors (Lipinski definition) is 1. The largest absolute Gasteiger partial charge is 0.487 e. The lowest BCUT2D eigenvalue weighted by molar-refractivity contribution is 0.101. The molecule has 4 aromatic rings. The van der Waals surface area contributed by atoms with E-state index < -0.39 is 0 Å². The quantitative estimate of drug-likeness (QED) is 0.597. The van der Waals surface area contributed by atoms with Gasteiger partial charge in [-0.3, -0.25) is 4.79 Å². The fourth-order valence-corrected chi connectivity index (χ4v) is 2.55. The predicted octanol–water partition coefficient (Wildman–Crippen LogP) is 3.46. The molecule has 0 saturated heterocycles. The molecule has 1 amide bonds. The van der Waals surface area contributed by atoms with Crippen LogP contribution in [0, 0.1) is 6.92 Å². The Morgan fingerprint density at radius 3 is 2.96 bits per heavy atom. The van der Waals surface area contributed by atoms with Crippen LogP contribution in [0.25, 0.3) is 5.65 Å². The van der Waals surface area contributed by atoms with E-state index in [1.807, 2.05) is 47.1 Å². The zero-order valence-electron chi connectivity index (χ0n) is 14.0. The van der Waals surface area contributed by atoms with Gasteiger partial charge in [-0.1, -0.05) is 17.3 Å². The van der Waals surface area contributed by atoms with Gasteiger partial charge in [-0.05, 0) is 31.2 Å². The highest BCUT2D eigenvalue weighted by Gasteiger charge is 2.11. The molecule has 0 aliphatic rings. The number of hydrogen-bond acceptors (Lipinski definition) is 5. The van der Waals surface area contributed by atoms with Crippen LogP contribution in [0.1, 0.15) is 21.9 Å². The Morgan fingerprint density at radius 2 is 2.15 bits per heavy atom. The standard InChI is InChI=1S/C19H16N4O3/c1-13-9-17(22-26-13)19(24)21-14-5-4-6-16(10-14)25-12-15-11-23-8-3-2-7-18(23)20-15/h2-11H,12H2,1H3,(H,21,24). The molecule has 4 rings (SSSR count). The van der Waals surface area contributed by atoms with Gasteiger partial charge in [-0.15, -0.1) is 0 Å². The molecule has 7 heteroatoms. The second-order valence-electron chi connectivity index (χ2n) is 5.79. The Kier molecular flexibility index (Phi) is 4.10. The minimum absolute atomic E-state index is 0.235. The molecular weight excluding hydrogens is 332 g/mol. The average Bonchev–Trinajstić information content (AvgIpc) is 3.26. The molecule has 3 heterocycles. The van der Waals surface area contributed by atoms with Crippen LogP contribution in [0.4, 0.5) is 5.69 Å². The zero-order chi connectivity index (χ0) is 17.9. The van der Waals surface area contributed by atoms with E-state index in [4.69, 9.17) is 9.26 Å². The van der Waals surface area contributed by atoms with E-state index in [1.165, 1.54) is 0 Å². The number of ether oxygens (including phenoxy) is 1. The van der Waals surface area contributed by atoms with Crippen molar-refractivity contribution < 1.29 is 14.1 Å². The first-order valence-electron chi connectivity index (χ1n) is 8.07. The Labute approximate surface area is 149 Å². The monoisotopic (exact) mass is 348 g/mol. The smallest absolute Gasteiger partial charge is 0.277 e. The van der Waals surface area contributed by atoms with Crippen molar-refractivity contribution in [3.8, 4) is 5.75 Å². The van der Waals surface area contributed by atoms with Gasteiger partial charge in [0.2, 0.25) is 0 Å². The van der Waals surface area contributed by atoms with E-state index in [9.17, 15) is 4.79 Å². The van der Waals surface area contributed by atoms with Crippen molar-refractivity contribution in [1.29, 1.82) is 0 Å². The van der Waals surface area contributed by atoms with Crippen molar-refractivity contribution in [3.63, 3.8) is 0 Å². The van der Waals surface area contributed by atoms with Crippen LogP contribution in [0.3, 0.4) is 0 Å². The van der Waals surface area contributed by atoms with Gasteiger partial charge in [-0.2, -0.15) is 0 Å². The minimum Gasteiger partial charge on any atom is -0.487 e. The molecule has 0 spiro atoms. The van der Waals surface area contributed by atoms with Crippen LogP contribution >= 0.6 is 0 Å². The van der Waals surface area contributed by atoms with Crippen LogP contribution in [-0.4, -0.2) is 20.4 Å². The molecule has 3 aromatic heterocycles. The van der Waals surface area contributed by atoms with Crippen molar-refractivity contribution in [1.82, 2.24) is 14.5 Å². The number of aryl methyl sites for hydroxylation is 1. The molecule has 0 saturated carbocycles. The highest BCUT2D eigenvalue weighted by molar-refractivity contribution is 6.02. The van der Waals surface area contributed by atoms with Gasteiger partial charge >= 0.3 is 0 Å². The van der Waals surface area contributed by atoms with Crippen molar-refractivity contribution in [3.05, 3.63) is 78.1 Å². The molecule has 0 bridgehead atoms. The van der Waals surface area contributed by atoms with Gasteiger partial charge in [0.15, 0.2) is 5.69 Å². The third-order valence-corrected chi connectivity index (χ3v) is 3.75.